The Morgan fingerprint density at radius 2 is 2.02 bits per heavy atom. The van der Waals surface area contributed by atoms with E-state index in [9.17, 15) is 14.3 Å². The summed E-state index contributed by atoms with van der Waals surface area (Å²) in [4.78, 5) is 26.4. The van der Waals surface area contributed by atoms with Gasteiger partial charge in [0.05, 0.1) is 18.0 Å². The third-order valence-electron chi connectivity index (χ3n) is 8.31. The van der Waals surface area contributed by atoms with Crippen molar-refractivity contribution in [3.05, 3.63) is 95.8 Å². The summed E-state index contributed by atoms with van der Waals surface area (Å²) in [5.41, 5.74) is 5.35. The molecule has 0 radical (unpaired) electrons. The van der Waals surface area contributed by atoms with E-state index in [-0.39, 0.29) is 24.4 Å². The molecule has 44 heavy (non-hydrogen) atoms. The molecule has 0 aliphatic carbocycles. The molecule has 9 nitrogen and oxygen atoms in total. The molecule has 5 aromatic rings. The number of allylic oxidation sites excluding steroid dienone is 1. The number of anilines is 1. The minimum absolute atomic E-state index is 0.0388. The molecule has 0 amide bonds. The normalized spacial score (nSPS) is 16.7. The molecule has 2 aromatic carbocycles. The molecule has 10 heteroatoms. The average molecular weight is 594 g/mol. The molecule has 4 heterocycles. The molecular formula is C34H36FN7O2. The van der Waals surface area contributed by atoms with E-state index in [2.05, 4.69) is 42.2 Å². The van der Waals surface area contributed by atoms with Crippen molar-refractivity contribution in [3.8, 4) is 11.3 Å². The Kier molecular flexibility index (Phi) is 8.45. The number of nitrogens with zero attached hydrogens (tertiary/aromatic N) is 5. The minimum Gasteiger partial charge on any atom is -0.391 e. The van der Waals surface area contributed by atoms with Gasteiger partial charge in [0.25, 0.3) is 0 Å². The second-order valence-corrected chi connectivity index (χ2v) is 11.7. The summed E-state index contributed by atoms with van der Waals surface area (Å²) in [7, 11) is 0. The maximum Gasteiger partial charge on any atom is 0.227 e. The first-order valence-electron chi connectivity index (χ1n) is 15.0. The third-order valence-corrected chi connectivity index (χ3v) is 8.31. The number of rotatable bonds is 11. The second-order valence-electron chi connectivity index (χ2n) is 11.7. The van der Waals surface area contributed by atoms with Crippen LogP contribution in [-0.2, 0) is 24.2 Å². The number of aliphatic hydroxyl groups excluding tert-OH is 1. The molecule has 6 rings (SSSR count). The van der Waals surface area contributed by atoms with Crippen LogP contribution < -0.4 is 10.6 Å². The Morgan fingerprint density at radius 1 is 1.18 bits per heavy atom. The molecule has 226 valence electrons. The molecule has 1 fully saturated rings. The number of ketones is 1. The van der Waals surface area contributed by atoms with Gasteiger partial charge in [-0.1, -0.05) is 62.9 Å². The Morgan fingerprint density at radius 3 is 2.80 bits per heavy atom. The van der Waals surface area contributed by atoms with E-state index in [0.717, 1.165) is 63.2 Å². The first kappa shape index (κ1) is 29.5. The van der Waals surface area contributed by atoms with Gasteiger partial charge in [0.2, 0.25) is 5.95 Å². The highest BCUT2D eigenvalue weighted by atomic mass is 19.1. The number of aryl methyl sites for hydroxylation is 1. The van der Waals surface area contributed by atoms with Crippen LogP contribution in [0.25, 0.3) is 27.7 Å². The molecule has 0 bridgehead atoms. The van der Waals surface area contributed by atoms with Crippen LogP contribution in [0.3, 0.4) is 0 Å². The molecule has 0 saturated carbocycles. The maximum absolute atomic E-state index is 13.3. The fourth-order valence-corrected chi connectivity index (χ4v) is 5.81. The topological polar surface area (TPSA) is 117 Å². The molecule has 3 N–H and O–H groups in total. The fourth-order valence-electron chi connectivity index (χ4n) is 5.81. The van der Waals surface area contributed by atoms with E-state index in [1.54, 1.807) is 10.7 Å². The van der Waals surface area contributed by atoms with Crippen LogP contribution in [0.1, 0.15) is 48.7 Å². The van der Waals surface area contributed by atoms with E-state index in [1.807, 2.05) is 48.7 Å². The zero-order valence-electron chi connectivity index (χ0n) is 24.9. The number of hydrogen-bond acceptors (Lipinski definition) is 8. The van der Waals surface area contributed by atoms with Crippen molar-refractivity contribution in [2.24, 2.45) is 5.92 Å². The molecule has 1 saturated heterocycles. The molecule has 0 spiro atoms. The van der Waals surface area contributed by atoms with Crippen LogP contribution in [-0.4, -0.2) is 54.6 Å². The largest absolute Gasteiger partial charge is 0.391 e. The van der Waals surface area contributed by atoms with Crippen molar-refractivity contribution in [2.45, 2.75) is 51.7 Å². The van der Waals surface area contributed by atoms with E-state index >= 15 is 0 Å². The van der Waals surface area contributed by atoms with Crippen LogP contribution in [0.15, 0.2) is 73.3 Å². The van der Waals surface area contributed by atoms with Crippen molar-refractivity contribution < 1.29 is 14.3 Å². The third kappa shape index (κ3) is 6.09. The highest BCUT2D eigenvalue weighted by Crippen LogP contribution is 2.31. The Balaban J connectivity index is 1.30. The monoisotopic (exact) mass is 593 g/mol. The Labute approximate surface area is 255 Å². The lowest BCUT2D eigenvalue weighted by atomic mass is 9.97. The maximum atomic E-state index is 13.3. The number of aromatic nitrogens is 5. The van der Waals surface area contributed by atoms with Gasteiger partial charge in [0.15, 0.2) is 17.3 Å². The molecule has 1 aliphatic rings. The van der Waals surface area contributed by atoms with Crippen LogP contribution in [0, 0.1) is 5.92 Å². The summed E-state index contributed by atoms with van der Waals surface area (Å²) >= 11 is 0. The molecule has 3 aromatic heterocycles. The number of carbonyl (C=O) groups excluding carboxylic acids is 1. The number of benzene rings is 2. The Bertz CT molecular complexity index is 1850. The van der Waals surface area contributed by atoms with E-state index in [0.29, 0.717) is 25.5 Å². The number of Topliss-reactive ketones (excluding diaryl/α,β-unsaturated/α-hetero) is 1. The summed E-state index contributed by atoms with van der Waals surface area (Å²) in [6.07, 6.45) is 4.66. The Hall–Kier alpha value is -4.54. The number of pyridine rings is 1. The van der Waals surface area contributed by atoms with Crippen molar-refractivity contribution >= 4 is 28.2 Å². The van der Waals surface area contributed by atoms with Crippen LogP contribution >= 0.6 is 0 Å². The summed E-state index contributed by atoms with van der Waals surface area (Å²) in [5, 5.41) is 23.5. The fraction of sp³-hybridized carbons (Fsp3) is 0.324. The van der Waals surface area contributed by atoms with Gasteiger partial charge in [0, 0.05) is 55.2 Å². The highest BCUT2D eigenvalue weighted by molar-refractivity contribution is 5.98. The zero-order chi connectivity index (χ0) is 30.8. The van der Waals surface area contributed by atoms with Gasteiger partial charge in [-0.25, -0.2) is 9.37 Å². The molecule has 0 unspecified atom stereocenters. The first-order valence-corrected chi connectivity index (χ1v) is 15.0. The summed E-state index contributed by atoms with van der Waals surface area (Å²) in [6, 6.07) is 15.6. The number of nitrogens with one attached hydrogen (secondary N) is 2. The smallest absolute Gasteiger partial charge is 0.227 e. The number of fused-ring (bicyclic) bond motifs is 2. The van der Waals surface area contributed by atoms with Gasteiger partial charge >= 0.3 is 0 Å². The van der Waals surface area contributed by atoms with E-state index < -0.39 is 11.6 Å². The SMILES string of the molecule is C=C(F)C(=O)Cc1ccc2c(-c3ccccc3CNc3nc(CC[C@H]4CNC[C@@H]4O)nc4c(C(C)C)cnn34)nccc2c1. The van der Waals surface area contributed by atoms with Crippen LogP contribution in [0.5, 0.6) is 0 Å². The van der Waals surface area contributed by atoms with Gasteiger partial charge in [-0.05, 0) is 40.8 Å². The molecule has 1 aliphatic heterocycles. The second kappa shape index (κ2) is 12.6. The van der Waals surface area contributed by atoms with Crippen LogP contribution in [0.2, 0.25) is 0 Å². The van der Waals surface area contributed by atoms with Gasteiger partial charge < -0.3 is 15.7 Å². The minimum atomic E-state index is -0.935. The summed E-state index contributed by atoms with van der Waals surface area (Å²) in [6.45, 7) is 9.25. The predicted molar refractivity (Wildman–Crippen MR) is 169 cm³/mol. The highest BCUT2D eigenvalue weighted by Gasteiger charge is 2.25. The summed E-state index contributed by atoms with van der Waals surface area (Å²) < 4.78 is 15.1. The van der Waals surface area contributed by atoms with Crippen molar-refractivity contribution in [2.75, 3.05) is 18.4 Å². The van der Waals surface area contributed by atoms with E-state index in [1.165, 1.54) is 0 Å². The molecule has 2 atom stereocenters. The standard InChI is InChI=1S/C34H36FN7O2/c1-20(2)28-18-39-42-33(28)40-31(11-9-25-16-36-19-30(25)44)41-34(42)38-17-24-6-4-5-7-26(24)32-27-10-8-22(15-29(43)21(3)35)14-23(27)12-13-37-32/h4-8,10,12-14,18,20,25,30,36,44H,3,9,11,15-17,19H2,1-2H3,(H,38,40,41)/t25-,30-/m0/s1. The number of β-amino-alcohol motifs (C(OH)–C–C–N with tert-alkyl or cyclic N) is 1. The van der Waals surface area contributed by atoms with Gasteiger partial charge in [0.1, 0.15) is 5.82 Å². The number of aliphatic hydroxyl groups is 1. The predicted octanol–water partition coefficient (Wildman–Crippen LogP) is 5.18. The van der Waals surface area contributed by atoms with Crippen molar-refractivity contribution in [3.63, 3.8) is 0 Å². The van der Waals surface area contributed by atoms with Crippen LogP contribution in [0.4, 0.5) is 10.3 Å². The number of carbonyl (C=O) groups is 1. The quantitative estimate of drug-likeness (QED) is 0.179. The van der Waals surface area contributed by atoms with Gasteiger partial charge in [-0.2, -0.15) is 14.6 Å². The molecular weight excluding hydrogens is 557 g/mol. The van der Waals surface area contributed by atoms with Crippen molar-refractivity contribution in [1.82, 2.24) is 29.9 Å². The lowest BCUT2D eigenvalue weighted by Gasteiger charge is -2.15. The van der Waals surface area contributed by atoms with Crippen molar-refractivity contribution in [1.29, 1.82) is 0 Å². The lowest BCUT2D eigenvalue weighted by molar-refractivity contribution is -0.116. The summed E-state index contributed by atoms with van der Waals surface area (Å²) in [5.74, 6) is 0.193. The first-order chi connectivity index (χ1) is 21.3. The van der Waals surface area contributed by atoms with Gasteiger partial charge in [-0.15, -0.1) is 0 Å². The number of hydrogen-bond donors (Lipinski definition) is 3. The number of halogens is 1. The van der Waals surface area contributed by atoms with E-state index in [4.69, 9.17) is 15.0 Å². The average Bonchev–Trinajstić information content (AvgIpc) is 3.64. The van der Waals surface area contributed by atoms with Gasteiger partial charge in [-0.3, -0.25) is 9.78 Å². The lowest BCUT2D eigenvalue weighted by Crippen LogP contribution is -2.19. The zero-order valence-corrected chi connectivity index (χ0v) is 24.9.